The van der Waals surface area contributed by atoms with Crippen LogP contribution in [0.1, 0.15) is 56.0 Å². The highest BCUT2D eigenvalue weighted by Crippen LogP contribution is 2.35. The Hall–Kier alpha value is -3.08. The molecule has 1 aliphatic carbocycles. The standard InChI is InChI=1S/C26H28O5/c1-26(2,3)18-9-11-19(12-10-18)30-23-16-29-22-15-20(13-14-21(22)24(23)27)31-25(28)17-7-5-4-6-8-17/h4-12,16,20-22H,13-15H2,1-3H3. The summed E-state index contributed by atoms with van der Waals surface area (Å²) in [6.07, 6.45) is 2.57. The quantitative estimate of drug-likeness (QED) is 0.637. The monoisotopic (exact) mass is 420 g/mol. The van der Waals surface area contributed by atoms with Gasteiger partial charge in [0.05, 0.1) is 11.5 Å². The van der Waals surface area contributed by atoms with E-state index in [0.29, 0.717) is 30.6 Å². The molecule has 5 heteroatoms. The molecule has 162 valence electrons. The number of fused-ring (bicyclic) bond motifs is 1. The van der Waals surface area contributed by atoms with Crippen molar-refractivity contribution in [1.82, 2.24) is 0 Å². The normalized spacial score (nSPS) is 23.3. The molecule has 2 aliphatic rings. The number of ketones is 1. The maximum Gasteiger partial charge on any atom is 0.338 e. The molecule has 0 bridgehead atoms. The first-order valence-corrected chi connectivity index (χ1v) is 10.8. The summed E-state index contributed by atoms with van der Waals surface area (Å²) < 4.78 is 17.3. The molecule has 31 heavy (non-hydrogen) atoms. The zero-order valence-electron chi connectivity index (χ0n) is 18.2. The van der Waals surface area contributed by atoms with E-state index in [2.05, 4.69) is 20.8 Å². The highest BCUT2D eigenvalue weighted by atomic mass is 16.6. The van der Waals surface area contributed by atoms with E-state index in [1.54, 1.807) is 24.3 Å². The molecule has 0 saturated heterocycles. The van der Waals surface area contributed by atoms with Crippen molar-refractivity contribution in [2.75, 3.05) is 0 Å². The highest BCUT2D eigenvalue weighted by Gasteiger charge is 2.42. The van der Waals surface area contributed by atoms with E-state index in [-0.39, 0.29) is 41.1 Å². The molecular weight excluding hydrogens is 392 g/mol. The molecule has 1 fully saturated rings. The molecule has 2 aromatic carbocycles. The molecule has 5 nitrogen and oxygen atoms in total. The first kappa shape index (κ1) is 21.2. The van der Waals surface area contributed by atoms with Crippen molar-refractivity contribution < 1.29 is 23.8 Å². The second-order valence-corrected chi connectivity index (χ2v) is 9.21. The minimum atomic E-state index is -0.343. The first-order valence-electron chi connectivity index (χ1n) is 10.8. The smallest absolute Gasteiger partial charge is 0.338 e. The number of hydrogen-bond donors (Lipinski definition) is 0. The average molecular weight is 421 g/mol. The Morgan fingerprint density at radius 2 is 1.71 bits per heavy atom. The van der Waals surface area contributed by atoms with Crippen molar-refractivity contribution in [3.63, 3.8) is 0 Å². The molecule has 0 aromatic heterocycles. The van der Waals surface area contributed by atoms with Gasteiger partial charge in [0.1, 0.15) is 24.2 Å². The van der Waals surface area contributed by atoms with E-state index >= 15 is 0 Å². The number of Topliss-reactive ketones (excluding diaryl/α,β-unsaturated/α-hetero) is 1. The van der Waals surface area contributed by atoms with Crippen LogP contribution in [-0.2, 0) is 19.7 Å². The molecular formula is C26H28O5. The van der Waals surface area contributed by atoms with Gasteiger partial charge in [0.15, 0.2) is 0 Å². The molecule has 3 atom stereocenters. The first-order chi connectivity index (χ1) is 14.8. The van der Waals surface area contributed by atoms with Crippen LogP contribution in [0.3, 0.4) is 0 Å². The van der Waals surface area contributed by atoms with Gasteiger partial charge >= 0.3 is 5.97 Å². The van der Waals surface area contributed by atoms with Crippen LogP contribution in [-0.4, -0.2) is 24.0 Å². The van der Waals surface area contributed by atoms with Gasteiger partial charge in [-0.2, -0.15) is 0 Å². The maximum absolute atomic E-state index is 13.0. The van der Waals surface area contributed by atoms with E-state index in [1.165, 1.54) is 11.8 Å². The molecule has 1 saturated carbocycles. The van der Waals surface area contributed by atoms with Gasteiger partial charge < -0.3 is 14.2 Å². The lowest BCUT2D eigenvalue weighted by Crippen LogP contribution is -2.43. The highest BCUT2D eigenvalue weighted by molar-refractivity contribution is 5.96. The van der Waals surface area contributed by atoms with Crippen LogP contribution >= 0.6 is 0 Å². The van der Waals surface area contributed by atoms with Crippen molar-refractivity contribution in [3.05, 3.63) is 77.7 Å². The predicted molar refractivity (Wildman–Crippen MR) is 117 cm³/mol. The summed E-state index contributed by atoms with van der Waals surface area (Å²) in [5, 5.41) is 0. The van der Waals surface area contributed by atoms with Gasteiger partial charge in [0.25, 0.3) is 0 Å². The van der Waals surface area contributed by atoms with Gasteiger partial charge in [0, 0.05) is 6.42 Å². The number of benzene rings is 2. The number of carbonyl (C=O) groups is 2. The van der Waals surface area contributed by atoms with Gasteiger partial charge in [0.2, 0.25) is 11.5 Å². The summed E-state index contributed by atoms with van der Waals surface area (Å²) in [6, 6.07) is 16.7. The fourth-order valence-electron chi connectivity index (χ4n) is 4.06. The lowest BCUT2D eigenvalue weighted by Gasteiger charge is -2.36. The summed E-state index contributed by atoms with van der Waals surface area (Å²) in [5.74, 6) is 0.165. The largest absolute Gasteiger partial charge is 0.493 e. The van der Waals surface area contributed by atoms with Crippen molar-refractivity contribution in [3.8, 4) is 5.75 Å². The Morgan fingerprint density at radius 3 is 2.39 bits per heavy atom. The molecule has 0 spiro atoms. The second kappa shape index (κ2) is 8.58. The van der Waals surface area contributed by atoms with Gasteiger partial charge in [-0.1, -0.05) is 51.1 Å². The van der Waals surface area contributed by atoms with Crippen molar-refractivity contribution in [1.29, 1.82) is 0 Å². The van der Waals surface area contributed by atoms with Crippen LogP contribution in [0.5, 0.6) is 5.75 Å². The Kier molecular flexibility index (Phi) is 5.86. The molecule has 2 aromatic rings. The number of rotatable bonds is 4. The Balaban J connectivity index is 1.37. The number of ether oxygens (including phenoxy) is 3. The lowest BCUT2D eigenvalue weighted by atomic mass is 9.80. The van der Waals surface area contributed by atoms with E-state index in [1.807, 2.05) is 30.3 Å². The van der Waals surface area contributed by atoms with Gasteiger partial charge in [-0.05, 0) is 48.1 Å². The molecule has 3 unspecified atom stereocenters. The number of esters is 1. The number of allylic oxidation sites excluding steroid dienone is 1. The zero-order valence-corrected chi connectivity index (χ0v) is 18.2. The molecule has 4 rings (SSSR count). The third kappa shape index (κ3) is 4.82. The fraction of sp³-hybridized carbons (Fsp3) is 0.385. The fourth-order valence-corrected chi connectivity index (χ4v) is 4.06. The molecule has 0 N–H and O–H groups in total. The molecule has 1 aliphatic heterocycles. The molecule has 0 radical (unpaired) electrons. The van der Waals surface area contributed by atoms with Crippen LogP contribution in [0.15, 0.2) is 66.6 Å². The van der Waals surface area contributed by atoms with Crippen LogP contribution in [0.4, 0.5) is 0 Å². The molecule has 0 amide bonds. The second-order valence-electron chi connectivity index (χ2n) is 9.21. The zero-order chi connectivity index (χ0) is 22.0. The Morgan fingerprint density at radius 1 is 1.00 bits per heavy atom. The summed E-state index contributed by atoms with van der Waals surface area (Å²) >= 11 is 0. The van der Waals surface area contributed by atoms with E-state index in [4.69, 9.17) is 14.2 Å². The van der Waals surface area contributed by atoms with Crippen LogP contribution < -0.4 is 4.74 Å². The summed E-state index contributed by atoms with van der Waals surface area (Å²) in [4.78, 5) is 25.3. The SMILES string of the molecule is CC(C)(C)c1ccc(OC2=COC3CC(OC(=O)c4ccccc4)CCC3C2=O)cc1. The van der Waals surface area contributed by atoms with Crippen LogP contribution in [0, 0.1) is 5.92 Å². The Labute approximate surface area is 183 Å². The number of carbonyl (C=O) groups excluding carboxylic acids is 2. The van der Waals surface area contributed by atoms with E-state index in [0.717, 1.165) is 0 Å². The average Bonchev–Trinajstić information content (AvgIpc) is 2.76. The van der Waals surface area contributed by atoms with Gasteiger partial charge in [-0.25, -0.2) is 4.79 Å². The minimum Gasteiger partial charge on any atom is -0.493 e. The lowest BCUT2D eigenvalue weighted by molar-refractivity contribution is -0.132. The van der Waals surface area contributed by atoms with Crippen molar-refractivity contribution in [2.24, 2.45) is 5.92 Å². The van der Waals surface area contributed by atoms with Gasteiger partial charge in [-0.3, -0.25) is 4.79 Å². The summed E-state index contributed by atoms with van der Waals surface area (Å²) in [5.41, 5.74) is 1.78. The van der Waals surface area contributed by atoms with E-state index < -0.39 is 0 Å². The summed E-state index contributed by atoms with van der Waals surface area (Å²) in [6.45, 7) is 6.45. The third-order valence-corrected chi connectivity index (χ3v) is 5.90. The number of hydrogen-bond acceptors (Lipinski definition) is 5. The Bertz CT molecular complexity index is 969. The van der Waals surface area contributed by atoms with Crippen LogP contribution in [0.25, 0.3) is 0 Å². The van der Waals surface area contributed by atoms with Crippen molar-refractivity contribution >= 4 is 11.8 Å². The summed E-state index contributed by atoms with van der Waals surface area (Å²) in [7, 11) is 0. The third-order valence-electron chi connectivity index (χ3n) is 5.90. The van der Waals surface area contributed by atoms with Gasteiger partial charge in [-0.15, -0.1) is 0 Å². The molecule has 1 heterocycles. The van der Waals surface area contributed by atoms with E-state index in [9.17, 15) is 9.59 Å². The topological polar surface area (TPSA) is 61.8 Å². The van der Waals surface area contributed by atoms with Crippen molar-refractivity contribution in [2.45, 2.75) is 57.7 Å². The van der Waals surface area contributed by atoms with Crippen LogP contribution in [0.2, 0.25) is 0 Å². The maximum atomic E-state index is 13.0. The predicted octanol–water partition coefficient (Wildman–Crippen LogP) is 5.20. The minimum absolute atomic E-state index is 0.0519.